The molecule has 0 bridgehead atoms. The Morgan fingerprint density at radius 2 is 2.11 bits per heavy atom. The third-order valence-electron chi connectivity index (χ3n) is 4.24. The highest BCUT2D eigenvalue weighted by Gasteiger charge is 2.25. The van der Waals surface area contributed by atoms with Gasteiger partial charge < -0.3 is 10.0 Å². The second-order valence-electron chi connectivity index (χ2n) is 6.59. The van der Waals surface area contributed by atoms with E-state index in [1.807, 2.05) is 50.2 Å². The van der Waals surface area contributed by atoms with Gasteiger partial charge in [0.05, 0.1) is 0 Å². The number of hydrogen-bond donors (Lipinski definition) is 3. The van der Waals surface area contributed by atoms with Crippen molar-refractivity contribution in [3.8, 4) is 5.75 Å². The van der Waals surface area contributed by atoms with Crippen LogP contribution in [-0.4, -0.2) is 36.6 Å². The summed E-state index contributed by atoms with van der Waals surface area (Å²) in [6.45, 7) is 3.99. The standard InChI is InChI=1S/C20H27FN4O2/c1-5-6-7-8-15(10-9-14(2)24(3)4)16-11-17(21)20(18(26)12-16)25-13-19(27)22-23-25/h7-12,23,26H,5-6,13H2,1-4H3,(H,22,27)/b8-7+,14-9+,15-10+. The molecule has 0 spiro atoms. The molecule has 3 N–H and O–H groups in total. The quantitative estimate of drug-likeness (QED) is 0.640. The van der Waals surface area contributed by atoms with Crippen LogP contribution in [0.2, 0.25) is 0 Å². The highest BCUT2D eigenvalue weighted by atomic mass is 19.1. The minimum absolute atomic E-state index is 0.0611. The summed E-state index contributed by atoms with van der Waals surface area (Å²) in [6, 6.07) is 2.87. The van der Waals surface area contributed by atoms with Crippen LogP contribution >= 0.6 is 0 Å². The molecule has 0 saturated carbocycles. The smallest absolute Gasteiger partial charge is 0.256 e. The molecular weight excluding hydrogens is 347 g/mol. The number of benzene rings is 1. The molecule has 1 fully saturated rings. The van der Waals surface area contributed by atoms with E-state index in [1.54, 1.807) is 0 Å². The summed E-state index contributed by atoms with van der Waals surface area (Å²) in [5.74, 6) is -1.15. The average molecular weight is 374 g/mol. The predicted molar refractivity (Wildman–Crippen MR) is 106 cm³/mol. The number of carbonyl (C=O) groups excluding carboxylic acids is 1. The lowest BCUT2D eigenvalue weighted by Crippen LogP contribution is -2.36. The number of halogens is 1. The van der Waals surface area contributed by atoms with Crippen LogP contribution in [0, 0.1) is 5.82 Å². The molecule has 0 aliphatic carbocycles. The van der Waals surface area contributed by atoms with Crippen molar-refractivity contribution in [3.63, 3.8) is 0 Å². The van der Waals surface area contributed by atoms with Crippen LogP contribution in [0.25, 0.3) is 5.57 Å². The Bertz CT molecular complexity index is 761. The van der Waals surface area contributed by atoms with E-state index in [4.69, 9.17) is 0 Å². The first kappa shape index (κ1) is 20.5. The largest absolute Gasteiger partial charge is 0.506 e. The summed E-state index contributed by atoms with van der Waals surface area (Å²) in [4.78, 5) is 13.3. The number of unbranched alkanes of at least 4 members (excludes halogenated alkanes) is 1. The van der Waals surface area contributed by atoms with Gasteiger partial charge in [-0.1, -0.05) is 31.6 Å². The summed E-state index contributed by atoms with van der Waals surface area (Å²) in [6.07, 6.45) is 9.71. The van der Waals surface area contributed by atoms with Gasteiger partial charge in [-0.3, -0.25) is 15.2 Å². The van der Waals surface area contributed by atoms with Crippen LogP contribution in [0.15, 0.2) is 42.1 Å². The van der Waals surface area contributed by atoms with Crippen LogP contribution in [0.5, 0.6) is 5.75 Å². The van der Waals surface area contributed by atoms with E-state index in [-0.39, 0.29) is 23.9 Å². The molecule has 1 aromatic rings. The highest BCUT2D eigenvalue weighted by Crippen LogP contribution is 2.34. The van der Waals surface area contributed by atoms with Crippen molar-refractivity contribution < 1.29 is 14.3 Å². The van der Waals surface area contributed by atoms with E-state index in [0.717, 1.165) is 24.1 Å². The molecule has 1 amide bonds. The number of hydrazine groups is 2. The van der Waals surface area contributed by atoms with Gasteiger partial charge in [0.2, 0.25) is 0 Å². The molecule has 7 heteroatoms. The van der Waals surface area contributed by atoms with E-state index in [0.29, 0.717) is 5.56 Å². The van der Waals surface area contributed by atoms with Crippen molar-refractivity contribution in [3.05, 3.63) is 53.5 Å². The van der Waals surface area contributed by atoms with E-state index in [1.165, 1.54) is 17.1 Å². The normalized spacial score (nSPS) is 15.6. The lowest BCUT2D eigenvalue weighted by atomic mass is 10.0. The first-order valence-electron chi connectivity index (χ1n) is 8.90. The first-order valence-corrected chi connectivity index (χ1v) is 8.90. The summed E-state index contributed by atoms with van der Waals surface area (Å²) in [5, 5.41) is 11.6. The van der Waals surface area contributed by atoms with Gasteiger partial charge in [0, 0.05) is 19.8 Å². The van der Waals surface area contributed by atoms with E-state index in [2.05, 4.69) is 17.9 Å². The number of amides is 1. The molecule has 0 atom stereocenters. The number of hydrogen-bond acceptors (Lipinski definition) is 5. The van der Waals surface area contributed by atoms with Gasteiger partial charge in [-0.15, -0.1) is 5.53 Å². The number of carbonyl (C=O) groups is 1. The monoisotopic (exact) mass is 374 g/mol. The molecule has 0 radical (unpaired) electrons. The molecule has 1 heterocycles. The average Bonchev–Trinajstić information content (AvgIpc) is 3.02. The Morgan fingerprint density at radius 1 is 1.37 bits per heavy atom. The molecular formula is C20H27FN4O2. The number of phenols is 1. The summed E-state index contributed by atoms with van der Waals surface area (Å²) >= 11 is 0. The van der Waals surface area contributed by atoms with Gasteiger partial charge in [0.25, 0.3) is 5.91 Å². The third kappa shape index (κ3) is 5.34. The zero-order valence-corrected chi connectivity index (χ0v) is 16.2. The topological polar surface area (TPSA) is 67.8 Å². The molecule has 146 valence electrons. The number of aromatic hydroxyl groups is 1. The fourth-order valence-corrected chi connectivity index (χ4v) is 2.49. The maximum atomic E-state index is 14.7. The SMILES string of the molecule is CCC/C=C/C(=C\C=C(/C)N(C)C)c1cc(O)c(N2CC(=O)NN2)c(F)c1. The molecule has 0 aromatic heterocycles. The molecule has 1 aliphatic heterocycles. The number of anilines is 1. The molecule has 2 rings (SSSR count). The van der Waals surface area contributed by atoms with Crippen LogP contribution in [0.1, 0.15) is 32.3 Å². The fourth-order valence-electron chi connectivity index (χ4n) is 2.49. The van der Waals surface area contributed by atoms with Crippen LogP contribution < -0.4 is 16.0 Å². The highest BCUT2D eigenvalue weighted by molar-refractivity contribution is 5.85. The van der Waals surface area contributed by atoms with Gasteiger partial charge in [0.1, 0.15) is 18.0 Å². The van der Waals surface area contributed by atoms with Crippen molar-refractivity contribution in [2.75, 3.05) is 25.6 Å². The molecule has 27 heavy (non-hydrogen) atoms. The van der Waals surface area contributed by atoms with Gasteiger partial charge in [-0.25, -0.2) is 4.39 Å². The van der Waals surface area contributed by atoms with E-state index >= 15 is 0 Å². The second kappa shape index (κ2) is 9.23. The van der Waals surface area contributed by atoms with Crippen molar-refractivity contribution >= 4 is 17.2 Å². The van der Waals surface area contributed by atoms with Crippen LogP contribution in [0.3, 0.4) is 0 Å². The number of nitrogens with one attached hydrogen (secondary N) is 2. The van der Waals surface area contributed by atoms with Crippen LogP contribution in [0.4, 0.5) is 10.1 Å². The van der Waals surface area contributed by atoms with Gasteiger partial charge in [0.15, 0.2) is 5.82 Å². The van der Waals surface area contributed by atoms with Gasteiger partial charge in [-0.05, 0) is 42.7 Å². The Morgan fingerprint density at radius 3 is 2.67 bits per heavy atom. The molecule has 0 unspecified atom stereocenters. The Hall–Kier alpha value is -2.80. The molecule has 1 aromatic carbocycles. The number of phenolic OH excluding ortho intramolecular Hbond substituents is 1. The van der Waals surface area contributed by atoms with Gasteiger partial charge >= 0.3 is 0 Å². The van der Waals surface area contributed by atoms with Crippen molar-refractivity contribution in [1.82, 2.24) is 15.9 Å². The van der Waals surface area contributed by atoms with Crippen molar-refractivity contribution in [2.45, 2.75) is 26.7 Å². The minimum Gasteiger partial charge on any atom is -0.506 e. The number of allylic oxidation sites excluding steroid dienone is 6. The molecule has 6 nitrogen and oxygen atoms in total. The van der Waals surface area contributed by atoms with Gasteiger partial charge in [-0.2, -0.15) is 0 Å². The fraction of sp³-hybridized carbons (Fsp3) is 0.350. The van der Waals surface area contributed by atoms with Crippen molar-refractivity contribution in [1.29, 1.82) is 0 Å². The van der Waals surface area contributed by atoms with E-state index < -0.39 is 5.82 Å². The Labute approximate surface area is 159 Å². The zero-order chi connectivity index (χ0) is 20.0. The third-order valence-corrected chi connectivity index (χ3v) is 4.24. The maximum absolute atomic E-state index is 14.7. The Kier molecular flexibility index (Phi) is 7.01. The maximum Gasteiger partial charge on any atom is 0.256 e. The summed E-state index contributed by atoms with van der Waals surface area (Å²) in [7, 11) is 3.90. The van der Waals surface area contributed by atoms with E-state index in [9.17, 15) is 14.3 Å². The van der Waals surface area contributed by atoms with Crippen molar-refractivity contribution in [2.24, 2.45) is 0 Å². The lowest BCUT2D eigenvalue weighted by molar-refractivity contribution is -0.118. The van der Waals surface area contributed by atoms with Crippen LogP contribution in [-0.2, 0) is 4.79 Å². The second-order valence-corrected chi connectivity index (χ2v) is 6.59. The number of rotatable bonds is 7. The summed E-state index contributed by atoms with van der Waals surface area (Å²) in [5.41, 5.74) is 7.23. The molecule has 1 saturated heterocycles. The lowest BCUT2D eigenvalue weighted by Gasteiger charge is -2.19. The minimum atomic E-state index is -0.614. The number of nitrogens with zero attached hydrogens (tertiary/aromatic N) is 2. The zero-order valence-electron chi connectivity index (χ0n) is 16.2. The predicted octanol–water partition coefficient (Wildman–Crippen LogP) is 3.09. The summed E-state index contributed by atoms with van der Waals surface area (Å²) < 4.78 is 14.7. The molecule has 1 aliphatic rings. The first-order chi connectivity index (χ1) is 12.8. The Balaban J connectivity index is 2.42.